The molecule has 2 aromatic rings. The number of hydrogen-bond donors (Lipinski definition) is 3. The van der Waals surface area contributed by atoms with Gasteiger partial charge in [-0.3, -0.25) is 19.2 Å². The minimum absolute atomic E-state index is 0.0957. The average molecular weight is 610 g/mol. The Kier molecular flexibility index (Phi) is 11.0. The number of carbonyl (C=O) groups is 4. The third kappa shape index (κ3) is 8.24. The molecule has 0 spiro atoms. The number of nitrogens with one attached hydrogen (secondary N) is 3. The minimum Gasteiger partial charge on any atom is -0.497 e. The lowest BCUT2D eigenvalue weighted by Gasteiger charge is -2.34. The topological polar surface area (TPSA) is 114 Å². The number of Topliss-reactive ketones (excluding diaryl/α,β-unsaturated/α-hetero) is 1. The van der Waals surface area contributed by atoms with Crippen molar-refractivity contribution in [3.63, 3.8) is 0 Å². The van der Waals surface area contributed by atoms with E-state index in [4.69, 9.17) is 16.3 Å². The van der Waals surface area contributed by atoms with Crippen molar-refractivity contribution in [2.24, 2.45) is 11.8 Å². The first-order chi connectivity index (χ1) is 19.7. The summed E-state index contributed by atoms with van der Waals surface area (Å²) in [6.45, 7) is 4.18. The normalized spacial score (nSPS) is 16.4. The number of hydrogen-bond acceptors (Lipinski definition) is 5. The monoisotopic (exact) mass is 609 g/mol. The maximum absolute atomic E-state index is 13.4. The molecular weight excluding hydrogens is 575 g/mol. The molecule has 1 fully saturated rings. The van der Waals surface area contributed by atoms with E-state index in [1.807, 2.05) is 0 Å². The summed E-state index contributed by atoms with van der Waals surface area (Å²) in [6, 6.07) is 8.46. The zero-order valence-corrected chi connectivity index (χ0v) is 24.5. The molecule has 8 nitrogen and oxygen atoms in total. The van der Waals surface area contributed by atoms with Crippen LogP contribution in [0, 0.1) is 11.8 Å². The van der Waals surface area contributed by atoms with Crippen LogP contribution in [0.25, 0.3) is 0 Å². The van der Waals surface area contributed by atoms with Crippen LogP contribution in [0.3, 0.4) is 0 Å². The smallest absolute Gasteiger partial charge is 0.452 e. The van der Waals surface area contributed by atoms with Gasteiger partial charge in [-0.1, -0.05) is 56.1 Å². The highest BCUT2D eigenvalue weighted by atomic mass is 35.5. The van der Waals surface area contributed by atoms with E-state index in [2.05, 4.69) is 16.0 Å². The molecule has 228 valence electrons. The number of rotatable bonds is 12. The number of amides is 3. The van der Waals surface area contributed by atoms with Crippen molar-refractivity contribution in [1.29, 1.82) is 0 Å². The quantitative estimate of drug-likeness (QED) is 0.318. The fraction of sp³-hybridized carbons (Fsp3) is 0.467. The van der Waals surface area contributed by atoms with Crippen LogP contribution >= 0.6 is 11.6 Å². The Balaban J connectivity index is 1.81. The van der Waals surface area contributed by atoms with Crippen molar-refractivity contribution in [1.82, 2.24) is 16.0 Å². The largest absolute Gasteiger partial charge is 0.497 e. The average Bonchev–Trinajstić information content (AvgIpc) is 2.91. The van der Waals surface area contributed by atoms with E-state index in [1.165, 1.54) is 52.1 Å². The summed E-state index contributed by atoms with van der Waals surface area (Å²) in [7, 11) is 1.43. The Bertz CT molecular complexity index is 1260. The Morgan fingerprint density at radius 2 is 1.40 bits per heavy atom. The lowest BCUT2D eigenvalue weighted by atomic mass is 9.72. The Morgan fingerprint density at radius 3 is 1.88 bits per heavy atom. The van der Waals surface area contributed by atoms with E-state index in [0.717, 1.165) is 24.8 Å². The van der Waals surface area contributed by atoms with Gasteiger partial charge in [0.25, 0.3) is 5.78 Å². The number of alkyl halides is 3. The molecule has 12 heteroatoms. The maximum atomic E-state index is 13.4. The zero-order valence-electron chi connectivity index (χ0n) is 23.8. The van der Waals surface area contributed by atoms with Crippen LogP contribution in [-0.4, -0.2) is 48.9 Å². The fourth-order valence-corrected chi connectivity index (χ4v) is 4.89. The third-order valence-corrected chi connectivity index (χ3v) is 7.66. The first kappa shape index (κ1) is 32.9. The molecule has 4 atom stereocenters. The Morgan fingerprint density at radius 1 is 0.833 bits per heavy atom. The van der Waals surface area contributed by atoms with Crippen molar-refractivity contribution in [3.05, 3.63) is 64.7 Å². The molecule has 0 bridgehead atoms. The van der Waals surface area contributed by atoms with Gasteiger partial charge in [-0.05, 0) is 67.0 Å². The van der Waals surface area contributed by atoms with Crippen LogP contribution in [0.2, 0.25) is 5.02 Å². The number of ketones is 1. The van der Waals surface area contributed by atoms with Gasteiger partial charge in [0.15, 0.2) is 0 Å². The fourth-order valence-electron chi connectivity index (χ4n) is 4.76. The standard InChI is InChI=1S/C30H35ClF3N3O5/c1-16(2)24(26(38)30(32,33)34)36-29(41)25(20-10-14-22(42-4)15-11-20)37-27(39)17(3)35-28(40)23(18-6-5-7-18)19-8-12-21(31)13-9-19/h8-18,23-25H,5-7H2,1-4H3,(H,35,40)(H,36,41)(H,37,39)/t17-,23?,24-,25-/m0/s1. The number of benzene rings is 2. The molecule has 1 unspecified atom stereocenters. The molecule has 0 radical (unpaired) electrons. The molecule has 0 aromatic heterocycles. The predicted octanol–water partition coefficient (Wildman–Crippen LogP) is 4.87. The Hall–Kier alpha value is -3.60. The summed E-state index contributed by atoms with van der Waals surface area (Å²) in [5, 5.41) is 7.92. The summed E-state index contributed by atoms with van der Waals surface area (Å²) in [5.41, 5.74) is 0.995. The van der Waals surface area contributed by atoms with E-state index in [0.29, 0.717) is 10.8 Å². The number of ether oxygens (including phenoxy) is 1. The summed E-state index contributed by atoms with van der Waals surface area (Å²) in [5.74, 6) is -5.08. The van der Waals surface area contributed by atoms with Gasteiger partial charge in [-0.15, -0.1) is 0 Å². The van der Waals surface area contributed by atoms with Crippen LogP contribution in [-0.2, 0) is 19.2 Å². The third-order valence-electron chi connectivity index (χ3n) is 7.41. The molecule has 1 aliphatic rings. The molecule has 1 aliphatic carbocycles. The lowest BCUT2D eigenvalue weighted by Crippen LogP contribution is -2.54. The van der Waals surface area contributed by atoms with Crippen molar-refractivity contribution < 1.29 is 37.1 Å². The number of carbonyl (C=O) groups excluding carboxylic acids is 4. The van der Waals surface area contributed by atoms with E-state index < -0.39 is 53.7 Å². The highest BCUT2D eigenvalue weighted by Crippen LogP contribution is 2.40. The highest BCUT2D eigenvalue weighted by Gasteiger charge is 2.45. The van der Waals surface area contributed by atoms with E-state index in [9.17, 15) is 32.3 Å². The van der Waals surface area contributed by atoms with Gasteiger partial charge in [0, 0.05) is 5.02 Å². The first-order valence-corrected chi connectivity index (χ1v) is 14.0. The number of halogens is 4. The zero-order chi connectivity index (χ0) is 31.2. The highest BCUT2D eigenvalue weighted by molar-refractivity contribution is 6.30. The molecule has 3 rings (SSSR count). The molecule has 3 N–H and O–H groups in total. The van der Waals surface area contributed by atoms with Crippen LogP contribution in [0.4, 0.5) is 13.2 Å². The molecule has 3 amide bonds. The van der Waals surface area contributed by atoms with Gasteiger partial charge in [0.1, 0.15) is 17.8 Å². The van der Waals surface area contributed by atoms with Crippen molar-refractivity contribution >= 4 is 35.1 Å². The SMILES string of the molecule is COc1ccc([C@H](NC(=O)[C@H](C)NC(=O)C(c2ccc(Cl)cc2)C2CCC2)C(=O)N[C@H](C(=O)C(F)(F)F)C(C)C)cc1. The molecule has 0 aliphatic heterocycles. The van der Waals surface area contributed by atoms with Crippen molar-refractivity contribution in [2.45, 2.75) is 70.3 Å². The van der Waals surface area contributed by atoms with Gasteiger partial charge in [0.05, 0.1) is 19.1 Å². The van der Waals surface area contributed by atoms with E-state index in [1.54, 1.807) is 24.3 Å². The van der Waals surface area contributed by atoms with Crippen LogP contribution in [0.1, 0.15) is 63.1 Å². The van der Waals surface area contributed by atoms with E-state index in [-0.39, 0.29) is 17.4 Å². The van der Waals surface area contributed by atoms with Crippen LogP contribution in [0.15, 0.2) is 48.5 Å². The second kappa shape index (κ2) is 14.0. The van der Waals surface area contributed by atoms with Gasteiger partial charge in [-0.25, -0.2) is 0 Å². The summed E-state index contributed by atoms with van der Waals surface area (Å²) in [4.78, 5) is 52.0. The summed E-state index contributed by atoms with van der Waals surface area (Å²) in [6.07, 6.45) is -2.46. The Labute approximate surface area is 247 Å². The van der Waals surface area contributed by atoms with Gasteiger partial charge < -0.3 is 20.7 Å². The summed E-state index contributed by atoms with van der Waals surface area (Å²) < 4.78 is 44.8. The predicted molar refractivity (Wildman–Crippen MR) is 151 cm³/mol. The molecular formula is C30H35ClF3N3O5. The molecule has 42 heavy (non-hydrogen) atoms. The second-order valence-electron chi connectivity index (χ2n) is 10.8. The molecule has 2 aromatic carbocycles. The lowest BCUT2D eigenvalue weighted by molar-refractivity contribution is -0.175. The van der Waals surface area contributed by atoms with Gasteiger partial charge in [-0.2, -0.15) is 13.2 Å². The minimum atomic E-state index is -5.17. The van der Waals surface area contributed by atoms with Crippen molar-refractivity contribution in [3.8, 4) is 5.75 Å². The van der Waals surface area contributed by atoms with Crippen LogP contribution < -0.4 is 20.7 Å². The summed E-state index contributed by atoms with van der Waals surface area (Å²) >= 11 is 6.01. The van der Waals surface area contributed by atoms with Crippen LogP contribution in [0.5, 0.6) is 5.75 Å². The molecule has 0 heterocycles. The van der Waals surface area contributed by atoms with Gasteiger partial charge in [0.2, 0.25) is 17.7 Å². The maximum Gasteiger partial charge on any atom is 0.452 e. The first-order valence-electron chi connectivity index (χ1n) is 13.6. The molecule has 1 saturated carbocycles. The molecule has 0 saturated heterocycles. The number of methoxy groups -OCH3 is 1. The van der Waals surface area contributed by atoms with E-state index >= 15 is 0 Å². The van der Waals surface area contributed by atoms with Crippen molar-refractivity contribution in [2.75, 3.05) is 7.11 Å². The van der Waals surface area contributed by atoms with Gasteiger partial charge >= 0.3 is 6.18 Å². The second-order valence-corrected chi connectivity index (χ2v) is 11.2.